The Morgan fingerprint density at radius 2 is 2.00 bits per heavy atom. The highest BCUT2D eigenvalue weighted by molar-refractivity contribution is 5.36. The third-order valence-corrected chi connectivity index (χ3v) is 3.07. The number of phenols is 1. The van der Waals surface area contributed by atoms with Crippen molar-refractivity contribution < 1.29 is 9.50 Å². The Kier molecular flexibility index (Phi) is 2.91. The quantitative estimate of drug-likeness (QED) is 0.744. The number of rotatable bonds is 1. The minimum absolute atomic E-state index is 0.219. The summed E-state index contributed by atoms with van der Waals surface area (Å²) in [6, 6.07) is 3.42. The normalized spacial score (nSPS) is 18.0. The van der Waals surface area contributed by atoms with Crippen LogP contribution in [0.5, 0.6) is 5.75 Å². The minimum atomic E-state index is -0.493. The van der Waals surface area contributed by atoms with Gasteiger partial charge in [-0.2, -0.15) is 0 Å². The van der Waals surface area contributed by atoms with E-state index in [2.05, 4.69) is 5.32 Å². The number of aromatic hydroxyl groups is 1. The predicted molar refractivity (Wildman–Crippen MR) is 57.6 cm³/mol. The third kappa shape index (κ3) is 2.12. The topological polar surface area (TPSA) is 32.3 Å². The Morgan fingerprint density at radius 3 is 2.60 bits per heavy atom. The van der Waals surface area contributed by atoms with Crippen LogP contribution in [0.25, 0.3) is 0 Å². The first-order chi connectivity index (χ1) is 7.18. The molecule has 1 aliphatic rings. The van der Waals surface area contributed by atoms with E-state index in [-0.39, 0.29) is 5.75 Å². The molecule has 1 heterocycles. The fourth-order valence-corrected chi connectivity index (χ4v) is 2.17. The Labute approximate surface area is 89.1 Å². The molecule has 1 saturated heterocycles. The van der Waals surface area contributed by atoms with Crippen LogP contribution in [0.4, 0.5) is 4.39 Å². The fourth-order valence-electron chi connectivity index (χ4n) is 2.17. The van der Waals surface area contributed by atoms with Gasteiger partial charge >= 0.3 is 0 Å². The second kappa shape index (κ2) is 4.19. The number of nitrogens with one attached hydrogen (secondary N) is 1. The van der Waals surface area contributed by atoms with Gasteiger partial charge in [0.1, 0.15) is 0 Å². The number of aryl methyl sites for hydroxylation is 1. The smallest absolute Gasteiger partial charge is 0.167 e. The average molecular weight is 209 g/mol. The molecule has 1 aromatic carbocycles. The van der Waals surface area contributed by atoms with Gasteiger partial charge in [0.05, 0.1) is 0 Å². The van der Waals surface area contributed by atoms with Gasteiger partial charge < -0.3 is 10.4 Å². The zero-order valence-electron chi connectivity index (χ0n) is 8.89. The van der Waals surface area contributed by atoms with Gasteiger partial charge in [-0.05, 0) is 56.0 Å². The highest BCUT2D eigenvalue weighted by Gasteiger charge is 2.17. The van der Waals surface area contributed by atoms with Gasteiger partial charge in [0.2, 0.25) is 0 Å². The van der Waals surface area contributed by atoms with Crippen molar-refractivity contribution in [2.45, 2.75) is 25.7 Å². The van der Waals surface area contributed by atoms with Crippen LogP contribution in [-0.2, 0) is 0 Å². The van der Waals surface area contributed by atoms with Crippen LogP contribution >= 0.6 is 0 Å². The summed E-state index contributed by atoms with van der Waals surface area (Å²) in [6.45, 7) is 3.70. The number of benzene rings is 1. The standard InChI is InChI=1S/C12H16FNO/c1-8-6-10(7-11(15)12(8)13)9-2-4-14-5-3-9/h6-7,9,14-15H,2-5H2,1H3. The maximum atomic E-state index is 13.2. The van der Waals surface area contributed by atoms with Gasteiger partial charge in [0.15, 0.2) is 11.6 Å². The van der Waals surface area contributed by atoms with Crippen LogP contribution < -0.4 is 5.32 Å². The largest absolute Gasteiger partial charge is 0.505 e. The lowest BCUT2D eigenvalue weighted by Crippen LogP contribution is -2.26. The monoisotopic (exact) mass is 209 g/mol. The first-order valence-corrected chi connectivity index (χ1v) is 5.38. The molecule has 0 amide bonds. The van der Waals surface area contributed by atoms with Crippen LogP contribution in [0.2, 0.25) is 0 Å². The molecule has 0 spiro atoms. The summed E-state index contributed by atoms with van der Waals surface area (Å²) >= 11 is 0. The Bertz CT molecular complexity index is 336. The maximum absolute atomic E-state index is 13.2. The zero-order valence-corrected chi connectivity index (χ0v) is 8.89. The fraction of sp³-hybridized carbons (Fsp3) is 0.500. The van der Waals surface area contributed by atoms with E-state index in [1.165, 1.54) is 0 Å². The summed E-state index contributed by atoms with van der Waals surface area (Å²) in [4.78, 5) is 0. The Hall–Kier alpha value is -1.09. The summed E-state index contributed by atoms with van der Waals surface area (Å²) in [5, 5.41) is 12.7. The molecule has 0 radical (unpaired) electrons. The van der Waals surface area contributed by atoms with E-state index in [9.17, 15) is 9.50 Å². The average Bonchev–Trinajstić information content (AvgIpc) is 2.26. The van der Waals surface area contributed by atoms with E-state index in [1.54, 1.807) is 13.0 Å². The number of hydrogen-bond donors (Lipinski definition) is 2. The lowest BCUT2D eigenvalue weighted by molar-refractivity contribution is 0.422. The molecule has 1 aromatic rings. The molecular formula is C12H16FNO. The van der Waals surface area contributed by atoms with Crippen molar-refractivity contribution in [3.8, 4) is 5.75 Å². The summed E-state index contributed by atoms with van der Waals surface area (Å²) in [7, 11) is 0. The molecule has 1 aliphatic heterocycles. The van der Waals surface area contributed by atoms with E-state index in [1.807, 2.05) is 6.07 Å². The molecule has 15 heavy (non-hydrogen) atoms. The first-order valence-electron chi connectivity index (χ1n) is 5.38. The molecule has 0 aliphatic carbocycles. The SMILES string of the molecule is Cc1cc(C2CCNCC2)cc(O)c1F. The van der Waals surface area contributed by atoms with Crippen molar-refractivity contribution >= 4 is 0 Å². The molecular weight excluding hydrogens is 193 g/mol. The van der Waals surface area contributed by atoms with Gasteiger partial charge in [-0.1, -0.05) is 6.07 Å². The van der Waals surface area contributed by atoms with Crippen LogP contribution in [0.3, 0.4) is 0 Å². The van der Waals surface area contributed by atoms with Crippen molar-refractivity contribution in [2.75, 3.05) is 13.1 Å². The van der Waals surface area contributed by atoms with E-state index in [0.29, 0.717) is 11.5 Å². The summed E-state index contributed by atoms with van der Waals surface area (Å²) in [5.74, 6) is -0.257. The molecule has 0 unspecified atom stereocenters. The first kappa shape index (κ1) is 10.4. The van der Waals surface area contributed by atoms with E-state index < -0.39 is 5.82 Å². The highest BCUT2D eigenvalue weighted by atomic mass is 19.1. The highest BCUT2D eigenvalue weighted by Crippen LogP contribution is 2.30. The van der Waals surface area contributed by atoms with Gasteiger partial charge in [-0.3, -0.25) is 0 Å². The van der Waals surface area contributed by atoms with E-state index in [4.69, 9.17) is 0 Å². The Balaban J connectivity index is 2.27. The minimum Gasteiger partial charge on any atom is -0.505 e. The number of phenolic OH excluding ortho intramolecular Hbond substituents is 1. The third-order valence-electron chi connectivity index (χ3n) is 3.07. The van der Waals surface area contributed by atoms with Crippen molar-refractivity contribution in [3.63, 3.8) is 0 Å². The lowest BCUT2D eigenvalue weighted by atomic mass is 9.89. The molecule has 82 valence electrons. The molecule has 3 heteroatoms. The van der Waals surface area contributed by atoms with Crippen LogP contribution in [0.1, 0.15) is 29.9 Å². The van der Waals surface area contributed by atoms with E-state index in [0.717, 1.165) is 31.5 Å². The van der Waals surface area contributed by atoms with E-state index >= 15 is 0 Å². The summed E-state index contributed by atoms with van der Waals surface area (Å²) in [6.07, 6.45) is 2.12. The van der Waals surface area contributed by atoms with Gasteiger partial charge in [-0.15, -0.1) is 0 Å². The molecule has 0 atom stereocenters. The van der Waals surface area contributed by atoms with Crippen molar-refractivity contribution in [1.82, 2.24) is 5.32 Å². The number of hydrogen-bond acceptors (Lipinski definition) is 2. The zero-order chi connectivity index (χ0) is 10.8. The second-order valence-electron chi connectivity index (χ2n) is 4.20. The Morgan fingerprint density at radius 1 is 1.33 bits per heavy atom. The molecule has 2 rings (SSSR count). The summed E-state index contributed by atoms with van der Waals surface area (Å²) in [5.41, 5.74) is 1.59. The van der Waals surface area contributed by atoms with Crippen molar-refractivity contribution in [2.24, 2.45) is 0 Å². The molecule has 0 aromatic heterocycles. The summed E-state index contributed by atoms with van der Waals surface area (Å²) < 4.78 is 13.2. The molecule has 1 fully saturated rings. The molecule has 2 N–H and O–H groups in total. The van der Waals surface area contributed by atoms with Crippen molar-refractivity contribution in [1.29, 1.82) is 0 Å². The molecule has 0 bridgehead atoms. The predicted octanol–water partition coefficient (Wildman–Crippen LogP) is 2.31. The van der Waals surface area contributed by atoms with Crippen LogP contribution in [-0.4, -0.2) is 18.2 Å². The van der Waals surface area contributed by atoms with Gasteiger partial charge in [0, 0.05) is 0 Å². The van der Waals surface area contributed by atoms with Crippen LogP contribution in [0.15, 0.2) is 12.1 Å². The van der Waals surface area contributed by atoms with Crippen molar-refractivity contribution in [3.05, 3.63) is 29.1 Å². The number of piperidine rings is 1. The number of halogens is 1. The maximum Gasteiger partial charge on any atom is 0.167 e. The van der Waals surface area contributed by atoms with Crippen LogP contribution in [0, 0.1) is 12.7 Å². The van der Waals surface area contributed by atoms with Gasteiger partial charge in [0.25, 0.3) is 0 Å². The van der Waals surface area contributed by atoms with Gasteiger partial charge in [-0.25, -0.2) is 4.39 Å². The second-order valence-corrected chi connectivity index (χ2v) is 4.20. The molecule has 0 saturated carbocycles. The lowest BCUT2D eigenvalue weighted by Gasteiger charge is -2.23. The molecule has 2 nitrogen and oxygen atoms in total.